The largest absolute Gasteiger partial charge is 0.364 e. The van der Waals surface area contributed by atoms with E-state index in [0.717, 1.165) is 0 Å². The summed E-state index contributed by atoms with van der Waals surface area (Å²) >= 11 is 0. The van der Waals surface area contributed by atoms with Crippen molar-refractivity contribution < 1.29 is 6.22 Å². The molecule has 6 heteroatoms. The zero-order valence-corrected chi connectivity index (χ0v) is 8.00. The van der Waals surface area contributed by atoms with Crippen molar-refractivity contribution in [3.63, 3.8) is 0 Å². The van der Waals surface area contributed by atoms with Gasteiger partial charge in [0.1, 0.15) is 0 Å². The minimum Gasteiger partial charge on any atom is -0.364 e. The minimum atomic E-state index is -0.818. The van der Waals surface area contributed by atoms with E-state index in [4.69, 9.17) is 5.73 Å². The number of nitrogens with zero attached hydrogens (tertiary/aromatic N) is 1. The van der Waals surface area contributed by atoms with Gasteiger partial charge in [0.2, 0.25) is 0 Å². The van der Waals surface area contributed by atoms with Crippen LogP contribution in [-0.2, 0) is 0 Å². The van der Waals surface area contributed by atoms with Gasteiger partial charge in [0.25, 0.3) is 11.5 Å². The van der Waals surface area contributed by atoms with Crippen LogP contribution in [0.1, 0.15) is 11.9 Å². The van der Waals surface area contributed by atoms with Crippen molar-refractivity contribution >= 4 is 35.5 Å². The third kappa shape index (κ3) is 2.45. The van der Waals surface area contributed by atoms with E-state index in [1.807, 2.05) is 0 Å². The van der Waals surface area contributed by atoms with Gasteiger partial charge in [-0.1, -0.05) is 0 Å². The second-order valence-electron chi connectivity index (χ2n) is 1.63. The molecule has 0 fully saturated rings. The summed E-state index contributed by atoms with van der Waals surface area (Å²) in [5.74, 6) is -0.818. The molecule has 1 amide bonds. The Labute approximate surface area is 85.8 Å². The first-order valence-corrected chi connectivity index (χ1v) is 2.55. The maximum atomic E-state index is 10.6. The molecule has 0 aliphatic rings. The van der Waals surface area contributed by atoms with Crippen LogP contribution in [0.4, 0.5) is 0 Å². The van der Waals surface area contributed by atoms with E-state index in [2.05, 4.69) is 9.97 Å². The standard InChI is InChI=1S/C5H5N3O2.Na.H2/c6-4(9)3-5(10)8-2-1-7-3;;/h1-2H,(H2,6,9)(H,8,10);;1H. The maximum Gasteiger partial charge on any atom is 0.279 e. The summed E-state index contributed by atoms with van der Waals surface area (Å²) in [6, 6.07) is 0. The monoisotopic (exact) mass is 164 g/mol. The topological polar surface area (TPSA) is 88.8 Å². The molecule has 1 aromatic rings. The smallest absolute Gasteiger partial charge is 0.279 e. The number of carbonyl (C=O) groups excluding carboxylic acids is 1. The van der Waals surface area contributed by atoms with Gasteiger partial charge in [0.05, 0.1) is 0 Å². The molecule has 1 heterocycles. The quantitative estimate of drug-likeness (QED) is 0.507. The van der Waals surface area contributed by atoms with Crippen molar-refractivity contribution in [3.05, 3.63) is 28.4 Å². The van der Waals surface area contributed by atoms with Gasteiger partial charge in [-0.05, 0) is 0 Å². The second-order valence-corrected chi connectivity index (χ2v) is 1.63. The van der Waals surface area contributed by atoms with Crippen molar-refractivity contribution in [2.24, 2.45) is 5.73 Å². The van der Waals surface area contributed by atoms with Crippen molar-refractivity contribution in [2.45, 2.75) is 0 Å². The van der Waals surface area contributed by atoms with Crippen LogP contribution in [0.2, 0.25) is 0 Å². The van der Waals surface area contributed by atoms with Gasteiger partial charge in [0, 0.05) is 43.4 Å². The fourth-order valence-corrected chi connectivity index (χ4v) is 0.527. The summed E-state index contributed by atoms with van der Waals surface area (Å²) < 4.78 is 0. The Kier molecular flexibility index (Phi) is 4.02. The first-order chi connectivity index (χ1) is 4.72. The minimum absolute atomic E-state index is 0. The van der Waals surface area contributed by atoms with E-state index >= 15 is 0 Å². The molecule has 0 saturated heterocycles. The van der Waals surface area contributed by atoms with Crippen molar-refractivity contribution in [3.8, 4) is 0 Å². The molecule has 0 spiro atoms. The number of hydrogen-bond donors (Lipinski definition) is 2. The summed E-state index contributed by atoms with van der Waals surface area (Å²) in [4.78, 5) is 26.7. The number of rotatable bonds is 1. The number of H-pyrrole nitrogens is 1. The van der Waals surface area contributed by atoms with Crippen molar-refractivity contribution in [1.82, 2.24) is 9.97 Å². The van der Waals surface area contributed by atoms with Gasteiger partial charge in [-0.25, -0.2) is 4.98 Å². The van der Waals surface area contributed by atoms with E-state index in [1.165, 1.54) is 12.4 Å². The summed E-state index contributed by atoms with van der Waals surface area (Å²) in [5.41, 5.74) is 3.97. The van der Waals surface area contributed by atoms with Crippen LogP contribution >= 0.6 is 0 Å². The first kappa shape index (κ1) is 10.3. The SMILES string of the molecule is NC(=O)c1ncc[nH]c1=O.[HH].[Na]. The summed E-state index contributed by atoms with van der Waals surface area (Å²) in [6.07, 6.45) is 2.62. The second kappa shape index (κ2) is 4.27. The predicted molar refractivity (Wildman–Crippen MR) is 41.2 cm³/mol. The van der Waals surface area contributed by atoms with Crippen LogP contribution in [0.5, 0.6) is 0 Å². The molecule has 1 radical (unpaired) electrons. The number of hydrogen-bond acceptors (Lipinski definition) is 3. The molecule has 3 N–H and O–H groups in total. The molecule has 5 nitrogen and oxygen atoms in total. The van der Waals surface area contributed by atoms with Crippen LogP contribution in [0.3, 0.4) is 0 Å². The Bertz CT molecular complexity index is 314. The number of nitrogens with two attached hydrogens (primary N) is 1. The first-order valence-electron chi connectivity index (χ1n) is 2.55. The van der Waals surface area contributed by atoms with E-state index in [1.54, 1.807) is 0 Å². The molecule has 55 valence electrons. The number of carbonyl (C=O) groups is 1. The molecule has 0 bridgehead atoms. The molecule has 1 rings (SSSR count). The van der Waals surface area contributed by atoms with E-state index in [0.29, 0.717) is 0 Å². The Morgan fingerprint density at radius 2 is 2.36 bits per heavy atom. The third-order valence-electron chi connectivity index (χ3n) is 0.941. The number of primary amides is 1. The fraction of sp³-hybridized carbons (Fsp3) is 0. The van der Waals surface area contributed by atoms with Crippen LogP contribution in [-0.4, -0.2) is 45.4 Å². The van der Waals surface area contributed by atoms with Crippen molar-refractivity contribution in [2.75, 3.05) is 0 Å². The fourth-order valence-electron chi connectivity index (χ4n) is 0.527. The van der Waals surface area contributed by atoms with E-state index in [-0.39, 0.29) is 36.7 Å². The van der Waals surface area contributed by atoms with E-state index in [9.17, 15) is 9.59 Å². The van der Waals surface area contributed by atoms with E-state index < -0.39 is 11.5 Å². The summed E-state index contributed by atoms with van der Waals surface area (Å²) in [6.45, 7) is 0. The van der Waals surface area contributed by atoms with Gasteiger partial charge < -0.3 is 10.7 Å². The number of aromatic nitrogens is 2. The average molecular weight is 164 g/mol. The van der Waals surface area contributed by atoms with Crippen LogP contribution in [0.15, 0.2) is 17.2 Å². The molecule has 1 aromatic heterocycles. The number of amides is 1. The van der Waals surface area contributed by atoms with Crippen LogP contribution in [0, 0.1) is 0 Å². The zero-order chi connectivity index (χ0) is 7.56. The number of nitrogens with one attached hydrogen (secondary N) is 1. The number of aromatic amines is 1. The van der Waals surface area contributed by atoms with Gasteiger partial charge >= 0.3 is 0 Å². The molecule has 11 heavy (non-hydrogen) atoms. The molecule has 0 saturated carbocycles. The maximum absolute atomic E-state index is 10.6. The normalized spacial score (nSPS) is 8.36. The average Bonchev–Trinajstić information content (AvgIpc) is 1.88. The molecule has 0 aliphatic carbocycles. The summed E-state index contributed by atoms with van der Waals surface area (Å²) in [5, 5.41) is 0. The third-order valence-corrected chi connectivity index (χ3v) is 0.941. The molecule has 0 atom stereocenters. The molecule has 0 unspecified atom stereocenters. The molecular weight excluding hydrogens is 157 g/mol. The zero-order valence-electron chi connectivity index (χ0n) is 6.00. The van der Waals surface area contributed by atoms with Gasteiger partial charge in [-0.15, -0.1) is 0 Å². The Hall–Kier alpha value is -0.650. The molecule has 0 aromatic carbocycles. The van der Waals surface area contributed by atoms with Gasteiger partial charge in [0.15, 0.2) is 5.69 Å². The summed E-state index contributed by atoms with van der Waals surface area (Å²) in [7, 11) is 0. The Morgan fingerprint density at radius 3 is 2.73 bits per heavy atom. The van der Waals surface area contributed by atoms with Crippen LogP contribution < -0.4 is 11.3 Å². The predicted octanol–water partition coefficient (Wildman–Crippen LogP) is -1.27. The van der Waals surface area contributed by atoms with Crippen molar-refractivity contribution in [1.29, 1.82) is 0 Å². The molecule has 0 aliphatic heterocycles. The molecular formula is C5H7N3NaO2. The van der Waals surface area contributed by atoms with Crippen LogP contribution in [0.25, 0.3) is 0 Å². The van der Waals surface area contributed by atoms with Gasteiger partial charge in [-0.3, -0.25) is 9.59 Å². The Balaban J connectivity index is 0. The van der Waals surface area contributed by atoms with Gasteiger partial charge in [-0.2, -0.15) is 0 Å². The Morgan fingerprint density at radius 1 is 1.73 bits per heavy atom.